The molecule has 0 aliphatic carbocycles. The predicted molar refractivity (Wildman–Crippen MR) is 97.1 cm³/mol. The Morgan fingerprint density at radius 1 is 1.00 bits per heavy atom. The van der Waals surface area contributed by atoms with Crippen molar-refractivity contribution in [3.8, 4) is 0 Å². The highest BCUT2D eigenvalue weighted by Crippen LogP contribution is 2.22. The fraction of sp³-hybridized carbons (Fsp3) is 0.250. The molecule has 28 heavy (non-hydrogen) atoms. The zero-order chi connectivity index (χ0) is 19.9. The van der Waals surface area contributed by atoms with E-state index in [1.54, 1.807) is 13.0 Å². The van der Waals surface area contributed by atoms with Gasteiger partial charge in [-0.25, -0.2) is 4.79 Å². The Morgan fingerprint density at radius 2 is 1.75 bits per heavy atom. The van der Waals surface area contributed by atoms with Gasteiger partial charge < -0.3 is 18.6 Å². The molecule has 3 aromatic rings. The zero-order valence-electron chi connectivity index (χ0n) is 15.3. The second-order valence-corrected chi connectivity index (χ2v) is 5.82. The number of furan rings is 1. The van der Waals surface area contributed by atoms with Crippen LogP contribution in [-0.2, 0) is 37.1 Å². The van der Waals surface area contributed by atoms with E-state index in [0.717, 1.165) is 5.56 Å². The number of hydrogen-bond acceptors (Lipinski definition) is 7. The van der Waals surface area contributed by atoms with Crippen molar-refractivity contribution >= 4 is 29.0 Å². The first-order valence-corrected chi connectivity index (χ1v) is 8.67. The molecule has 0 aliphatic rings. The first kappa shape index (κ1) is 19.2. The van der Waals surface area contributed by atoms with Gasteiger partial charge in [-0.1, -0.05) is 30.3 Å². The van der Waals surface area contributed by atoms with E-state index in [4.69, 9.17) is 18.6 Å². The van der Waals surface area contributed by atoms with Gasteiger partial charge in [0, 0.05) is 12.1 Å². The van der Waals surface area contributed by atoms with Gasteiger partial charge in [0.1, 0.15) is 18.7 Å². The molecule has 0 aliphatic heterocycles. The van der Waals surface area contributed by atoms with Crippen LogP contribution in [0.4, 0.5) is 0 Å². The van der Waals surface area contributed by atoms with E-state index in [-0.39, 0.29) is 25.6 Å². The summed E-state index contributed by atoms with van der Waals surface area (Å²) < 4.78 is 21.9. The molecular formula is C20H19NO7. The number of ether oxygens (including phenoxy) is 3. The SMILES string of the molecule is CCOC(=O)c1cc2occc2n1COC(=O)CC(=O)OCc1ccccc1. The van der Waals surface area contributed by atoms with E-state index in [2.05, 4.69) is 0 Å². The Labute approximate surface area is 160 Å². The van der Waals surface area contributed by atoms with Crippen LogP contribution in [0.25, 0.3) is 11.1 Å². The standard InChI is InChI=1S/C20H19NO7/c1-2-25-20(24)16-10-17-15(8-9-26-17)21(16)13-28-19(23)11-18(22)27-12-14-6-4-3-5-7-14/h3-10H,2,11-13H2,1H3. The normalized spacial score (nSPS) is 10.6. The molecule has 1 aromatic carbocycles. The lowest BCUT2D eigenvalue weighted by atomic mass is 10.2. The third-order valence-electron chi connectivity index (χ3n) is 3.89. The summed E-state index contributed by atoms with van der Waals surface area (Å²) in [4.78, 5) is 35.8. The molecule has 3 rings (SSSR count). The van der Waals surface area contributed by atoms with Crippen LogP contribution in [0.15, 0.2) is 53.1 Å². The number of hydrogen-bond donors (Lipinski definition) is 0. The molecule has 0 fully saturated rings. The van der Waals surface area contributed by atoms with Gasteiger partial charge in [0.15, 0.2) is 12.3 Å². The van der Waals surface area contributed by atoms with Crippen molar-refractivity contribution in [2.75, 3.05) is 6.61 Å². The summed E-state index contributed by atoms with van der Waals surface area (Å²) in [7, 11) is 0. The lowest BCUT2D eigenvalue weighted by Gasteiger charge is -2.10. The predicted octanol–water partition coefficient (Wildman–Crippen LogP) is 3.05. The second kappa shape index (κ2) is 8.90. The van der Waals surface area contributed by atoms with Crippen LogP contribution in [0.3, 0.4) is 0 Å². The smallest absolute Gasteiger partial charge is 0.355 e. The highest BCUT2D eigenvalue weighted by Gasteiger charge is 2.20. The molecule has 0 N–H and O–H groups in total. The Morgan fingerprint density at radius 3 is 2.50 bits per heavy atom. The molecule has 0 radical (unpaired) electrons. The van der Waals surface area contributed by atoms with Crippen LogP contribution in [0.1, 0.15) is 29.4 Å². The molecule has 2 heterocycles. The summed E-state index contributed by atoms with van der Waals surface area (Å²) in [5.74, 6) is -2.02. The maximum absolute atomic E-state index is 12.1. The number of esters is 3. The van der Waals surface area contributed by atoms with Crippen LogP contribution >= 0.6 is 0 Å². The molecular weight excluding hydrogens is 366 g/mol. The Balaban J connectivity index is 1.56. The van der Waals surface area contributed by atoms with Crippen molar-refractivity contribution in [3.05, 3.63) is 60.0 Å². The van der Waals surface area contributed by atoms with Gasteiger partial charge >= 0.3 is 17.9 Å². The average molecular weight is 385 g/mol. The number of aromatic nitrogens is 1. The molecule has 0 unspecified atom stereocenters. The number of nitrogens with zero attached hydrogens (tertiary/aromatic N) is 1. The summed E-state index contributed by atoms with van der Waals surface area (Å²) >= 11 is 0. The summed E-state index contributed by atoms with van der Waals surface area (Å²) in [6.07, 6.45) is 0.927. The highest BCUT2D eigenvalue weighted by molar-refractivity contribution is 5.94. The molecule has 0 amide bonds. The van der Waals surface area contributed by atoms with Gasteiger partial charge in [0.2, 0.25) is 0 Å². The van der Waals surface area contributed by atoms with E-state index in [1.807, 2.05) is 30.3 Å². The van der Waals surface area contributed by atoms with Crippen molar-refractivity contribution in [2.45, 2.75) is 26.7 Å². The summed E-state index contributed by atoms with van der Waals surface area (Å²) in [6.45, 7) is 1.71. The van der Waals surface area contributed by atoms with Gasteiger partial charge in [-0.05, 0) is 12.5 Å². The first-order chi connectivity index (χ1) is 13.6. The van der Waals surface area contributed by atoms with Gasteiger partial charge in [-0.3, -0.25) is 14.2 Å². The molecule has 0 saturated heterocycles. The molecule has 0 bridgehead atoms. The lowest BCUT2D eigenvalue weighted by Crippen LogP contribution is -2.18. The summed E-state index contributed by atoms with van der Waals surface area (Å²) in [5.41, 5.74) is 2.04. The van der Waals surface area contributed by atoms with Crippen molar-refractivity contribution in [1.29, 1.82) is 0 Å². The third-order valence-corrected chi connectivity index (χ3v) is 3.89. The van der Waals surface area contributed by atoms with Crippen LogP contribution in [0.5, 0.6) is 0 Å². The molecule has 8 nitrogen and oxygen atoms in total. The molecule has 146 valence electrons. The van der Waals surface area contributed by atoms with Crippen LogP contribution in [-0.4, -0.2) is 29.1 Å². The van der Waals surface area contributed by atoms with Crippen LogP contribution in [0, 0.1) is 0 Å². The van der Waals surface area contributed by atoms with Gasteiger partial charge in [-0.2, -0.15) is 0 Å². The third kappa shape index (κ3) is 4.59. The minimum Gasteiger partial charge on any atom is -0.463 e. The molecule has 2 aromatic heterocycles. The lowest BCUT2D eigenvalue weighted by molar-refractivity contribution is -0.157. The Hall–Kier alpha value is -3.55. The first-order valence-electron chi connectivity index (χ1n) is 8.67. The number of carbonyl (C=O) groups is 3. The van der Waals surface area contributed by atoms with E-state index in [0.29, 0.717) is 11.1 Å². The molecule has 8 heteroatoms. The number of carbonyl (C=O) groups excluding carboxylic acids is 3. The number of rotatable bonds is 8. The van der Waals surface area contributed by atoms with Crippen LogP contribution < -0.4 is 0 Å². The topological polar surface area (TPSA) is 97.0 Å². The fourth-order valence-corrected chi connectivity index (χ4v) is 2.58. The minimum absolute atomic E-state index is 0.0766. The molecule has 0 spiro atoms. The quantitative estimate of drug-likeness (QED) is 0.334. The molecule has 0 atom stereocenters. The van der Waals surface area contributed by atoms with Crippen molar-refractivity contribution in [1.82, 2.24) is 4.57 Å². The van der Waals surface area contributed by atoms with Crippen LogP contribution in [0.2, 0.25) is 0 Å². The monoisotopic (exact) mass is 385 g/mol. The Bertz CT molecular complexity index is 971. The largest absolute Gasteiger partial charge is 0.463 e. The maximum Gasteiger partial charge on any atom is 0.355 e. The molecule has 0 saturated carbocycles. The van der Waals surface area contributed by atoms with Gasteiger partial charge in [0.05, 0.1) is 18.4 Å². The zero-order valence-corrected chi connectivity index (χ0v) is 15.3. The average Bonchev–Trinajstić information content (AvgIpc) is 3.27. The van der Waals surface area contributed by atoms with Crippen molar-refractivity contribution < 1.29 is 33.0 Å². The Kier molecular flexibility index (Phi) is 6.11. The summed E-state index contributed by atoms with van der Waals surface area (Å²) in [6, 6.07) is 12.3. The maximum atomic E-state index is 12.1. The van der Waals surface area contributed by atoms with Crippen molar-refractivity contribution in [2.24, 2.45) is 0 Å². The fourth-order valence-electron chi connectivity index (χ4n) is 2.58. The van der Waals surface area contributed by atoms with E-state index >= 15 is 0 Å². The second-order valence-electron chi connectivity index (χ2n) is 5.82. The van der Waals surface area contributed by atoms with E-state index < -0.39 is 24.3 Å². The minimum atomic E-state index is -0.766. The van der Waals surface area contributed by atoms with Gasteiger partial charge in [-0.15, -0.1) is 0 Å². The van der Waals surface area contributed by atoms with Crippen molar-refractivity contribution in [3.63, 3.8) is 0 Å². The highest BCUT2D eigenvalue weighted by atomic mass is 16.6. The van der Waals surface area contributed by atoms with E-state index in [1.165, 1.54) is 16.9 Å². The summed E-state index contributed by atoms with van der Waals surface area (Å²) in [5, 5.41) is 0. The number of fused-ring (bicyclic) bond motifs is 1. The van der Waals surface area contributed by atoms with Gasteiger partial charge in [0.25, 0.3) is 0 Å². The number of benzene rings is 1. The van der Waals surface area contributed by atoms with E-state index in [9.17, 15) is 14.4 Å².